The third-order valence-corrected chi connectivity index (χ3v) is 3.59. The van der Waals surface area contributed by atoms with Crippen molar-refractivity contribution in [1.82, 2.24) is 0 Å². The van der Waals surface area contributed by atoms with Gasteiger partial charge in [-0.15, -0.1) is 0 Å². The first kappa shape index (κ1) is 17.7. The zero-order valence-corrected chi connectivity index (χ0v) is 13.7. The average Bonchev–Trinajstić information content (AvgIpc) is 2.96. The molecule has 4 nitrogen and oxygen atoms in total. The van der Waals surface area contributed by atoms with Crippen molar-refractivity contribution >= 4 is 17.9 Å². The van der Waals surface area contributed by atoms with Crippen LogP contribution in [0.5, 0.6) is 5.75 Å². The molecule has 2 aromatic rings. The Morgan fingerprint density at radius 1 is 1.12 bits per heavy atom. The van der Waals surface area contributed by atoms with Crippen molar-refractivity contribution in [2.45, 2.75) is 13.1 Å². The molecule has 0 unspecified atom stereocenters. The van der Waals surface area contributed by atoms with E-state index in [1.54, 1.807) is 24.3 Å². The van der Waals surface area contributed by atoms with E-state index in [9.17, 15) is 18.0 Å². The van der Waals surface area contributed by atoms with Gasteiger partial charge in [-0.25, -0.2) is 9.79 Å². The summed E-state index contributed by atoms with van der Waals surface area (Å²) in [7, 11) is 0. The van der Waals surface area contributed by atoms with E-state index >= 15 is 0 Å². The minimum Gasteiger partial charge on any atom is -0.494 e. The van der Waals surface area contributed by atoms with Crippen molar-refractivity contribution in [3.05, 3.63) is 70.9 Å². The fraction of sp³-hybridized carbons (Fsp3) is 0.158. The van der Waals surface area contributed by atoms with E-state index in [0.717, 1.165) is 12.1 Å². The van der Waals surface area contributed by atoms with Gasteiger partial charge in [0.05, 0.1) is 12.2 Å². The second kappa shape index (κ2) is 7.03. The van der Waals surface area contributed by atoms with Crippen molar-refractivity contribution in [1.29, 1.82) is 0 Å². The van der Waals surface area contributed by atoms with Crippen LogP contribution in [0.15, 0.2) is 59.2 Å². The minimum absolute atomic E-state index is 0.0359. The molecule has 134 valence electrons. The molecular weight excluding hydrogens is 347 g/mol. The first-order chi connectivity index (χ1) is 12.4. The Morgan fingerprint density at radius 2 is 1.81 bits per heavy atom. The van der Waals surface area contributed by atoms with Gasteiger partial charge in [-0.2, -0.15) is 13.2 Å². The van der Waals surface area contributed by atoms with Gasteiger partial charge >= 0.3 is 12.1 Å². The second-order valence-electron chi connectivity index (χ2n) is 5.38. The molecule has 1 heterocycles. The molecule has 0 atom stereocenters. The van der Waals surface area contributed by atoms with Crippen molar-refractivity contribution in [3.8, 4) is 5.75 Å². The van der Waals surface area contributed by atoms with Crippen LogP contribution >= 0.6 is 0 Å². The number of ether oxygens (including phenoxy) is 2. The van der Waals surface area contributed by atoms with Gasteiger partial charge in [0.1, 0.15) is 5.75 Å². The number of benzene rings is 2. The van der Waals surface area contributed by atoms with Gasteiger partial charge in [0.15, 0.2) is 5.70 Å². The number of hydrogen-bond acceptors (Lipinski definition) is 4. The topological polar surface area (TPSA) is 47.9 Å². The van der Waals surface area contributed by atoms with Gasteiger partial charge in [0.25, 0.3) is 0 Å². The summed E-state index contributed by atoms with van der Waals surface area (Å²) in [6, 6.07) is 11.7. The van der Waals surface area contributed by atoms with Crippen LogP contribution in [-0.4, -0.2) is 18.5 Å². The van der Waals surface area contributed by atoms with Crippen molar-refractivity contribution in [3.63, 3.8) is 0 Å². The van der Waals surface area contributed by atoms with Crippen LogP contribution in [0.1, 0.15) is 23.6 Å². The van der Waals surface area contributed by atoms with Crippen LogP contribution in [0, 0.1) is 0 Å². The number of nitrogens with zero attached hydrogens (tertiary/aromatic N) is 1. The maximum Gasteiger partial charge on any atom is 0.416 e. The highest BCUT2D eigenvalue weighted by atomic mass is 19.4. The number of alkyl halides is 3. The summed E-state index contributed by atoms with van der Waals surface area (Å²) >= 11 is 0. The Morgan fingerprint density at radius 3 is 2.46 bits per heavy atom. The molecule has 0 bridgehead atoms. The normalized spacial score (nSPS) is 15.8. The smallest absolute Gasteiger partial charge is 0.416 e. The maximum atomic E-state index is 13.1. The third kappa shape index (κ3) is 3.77. The molecule has 2 aromatic carbocycles. The minimum atomic E-state index is -4.53. The summed E-state index contributed by atoms with van der Waals surface area (Å²) in [4.78, 5) is 16.0. The van der Waals surface area contributed by atoms with E-state index in [0.29, 0.717) is 17.9 Å². The van der Waals surface area contributed by atoms with Gasteiger partial charge < -0.3 is 9.47 Å². The van der Waals surface area contributed by atoms with E-state index in [2.05, 4.69) is 4.99 Å². The molecule has 3 rings (SSSR count). The Balaban J connectivity index is 1.92. The number of halogens is 3. The molecule has 0 aliphatic carbocycles. The van der Waals surface area contributed by atoms with Gasteiger partial charge in [-0.05, 0) is 48.9 Å². The molecule has 0 spiro atoms. The maximum absolute atomic E-state index is 13.1. The predicted molar refractivity (Wildman–Crippen MR) is 89.7 cm³/mol. The van der Waals surface area contributed by atoms with E-state index in [4.69, 9.17) is 9.47 Å². The molecule has 1 aliphatic heterocycles. The second-order valence-corrected chi connectivity index (χ2v) is 5.38. The molecule has 26 heavy (non-hydrogen) atoms. The highest BCUT2D eigenvalue weighted by molar-refractivity contribution is 6.12. The lowest BCUT2D eigenvalue weighted by Crippen LogP contribution is -2.08. The van der Waals surface area contributed by atoms with Crippen LogP contribution in [0.25, 0.3) is 6.08 Å². The van der Waals surface area contributed by atoms with Gasteiger partial charge in [0.2, 0.25) is 5.90 Å². The quantitative estimate of drug-likeness (QED) is 0.597. The number of carbonyl (C=O) groups excluding carboxylic acids is 1. The molecule has 0 radical (unpaired) electrons. The molecule has 0 N–H and O–H groups in total. The first-order valence-electron chi connectivity index (χ1n) is 7.80. The zero-order valence-electron chi connectivity index (χ0n) is 13.7. The monoisotopic (exact) mass is 361 g/mol. The highest BCUT2D eigenvalue weighted by Crippen LogP contribution is 2.33. The lowest BCUT2D eigenvalue weighted by molar-refractivity contribution is -0.137. The van der Waals surface area contributed by atoms with E-state index in [1.165, 1.54) is 18.2 Å². The van der Waals surface area contributed by atoms with E-state index in [1.807, 2.05) is 6.92 Å². The van der Waals surface area contributed by atoms with Crippen LogP contribution in [-0.2, 0) is 15.7 Å². The summed E-state index contributed by atoms with van der Waals surface area (Å²) in [6.07, 6.45) is -3.45. The van der Waals surface area contributed by atoms with Gasteiger partial charge in [-0.1, -0.05) is 18.2 Å². The molecule has 1 aliphatic rings. The largest absolute Gasteiger partial charge is 0.494 e. The predicted octanol–water partition coefficient (Wildman–Crippen LogP) is 4.45. The van der Waals surface area contributed by atoms with Gasteiger partial charge in [-0.3, -0.25) is 0 Å². The Bertz CT molecular complexity index is 884. The van der Waals surface area contributed by atoms with Crippen molar-refractivity contribution in [2.75, 3.05) is 6.61 Å². The first-order valence-corrected chi connectivity index (χ1v) is 7.80. The lowest BCUT2D eigenvalue weighted by atomic mass is 10.1. The van der Waals surface area contributed by atoms with Crippen LogP contribution in [0.4, 0.5) is 13.2 Å². The average molecular weight is 361 g/mol. The van der Waals surface area contributed by atoms with E-state index < -0.39 is 17.7 Å². The number of carbonyl (C=O) groups is 1. The number of rotatable bonds is 4. The van der Waals surface area contributed by atoms with Gasteiger partial charge in [0, 0.05) is 5.56 Å². The fourth-order valence-corrected chi connectivity index (χ4v) is 2.42. The summed E-state index contributed by atoms with van der Waals surface area (Å²) in [5, 5.41) is 0. The molecule has 0 fully saturated rings. The third-order valence-electron chi connectivity index (χ3n) is 3.59. The number of cyclic esters (lactones) is 1. The molecular formula is C19H14F3NO3. The number of hydrogen-bond donors (Lipinski definition) is 0. The van der Waals surface area contributed by atoms with Crippen molar-refractivity contribution < 1.29 is 27.4 Å². The Hall–Kier alpha value is -3.09. The SMILES string of the molecule is CCOc1ccc(C2=N/C(=C\c3ccccc3C(F)(F)F)C(=O)O2)cc1. The molecule has 0 aromatic heterocycles. The van der Waals surface area contributed by atoms with Crippen molar-refractivity contribution in [2.24, 2.45) is 4.99 Å². The summed E-state index contributed by atoms with van der Waals surface area (Å²) in [6.45, 7) is 2.37. The number of aliphatic imine (C=N–C) groups is 1. The highest BCUT2D eigenvalue weighted by Gasteiger charge is 2.33. The van der Waals surface area contributed by atoms with Crippen LogP contribution < -0.4 is 4.74 Å². The fourth-order valence-electron chi connectivity index (χ4n) is 2.42. The summed E-state index contributed by atoms with van der Waals surface area (Å²) in [5.41, 5.74) is -0.659. The van der Waals surface area contributed by atoms with Crippen LogP contribution in [0.2, 0.25) is 0 Å². The Kier molecular flexibility index (Phi) is 4.79. The van der Waals surface area contributed by atoms with E-state index in [-0.39, 0.29) is 17.2 Å². The molecule has 0 saturated carbocycles. The lowest BCUT2D eigenvalue weighted by Gasteiger charge is -2.09. The zero-order chi connectivity index (χ0) is 18.7. The summed E-state index contributed by atoms with van der Waals surface area (Å²) < 4.78 is 49.6. The number of esters is 1. The molecule has 7 heteroatoms. The standard InChI is InChI=1S/C19H14F3NO3/c1-2-25-14-9-7-12(8-10-14)17-23-16(18(24)26-17)11-13-5-3-4-6-15(13)19(20,21)22/h3-11H,2H2,1H3/b16-11-. The Labute approximate surface area is 147 Å². The van der Waals surface area contributed by atoms with Crippen LogP contribution in [0.3, 0.4) is 0 Å². The molecule has 0 saturated heterocycles. The molecule has 0 amide bonds. The summed E-state index contributed by atoms with van der Waals surface area (Å²) in [5.74, 6) is -0.115.